The average molecular weight is 268 g/mol. The van der Waals surface area contributed by atoms with Crippen molar-refractivity contribution >= 4 is 17.3 Å². The zero-order valence-corrected chi connectivity index (χ0v) is 11.2. The van der Waals surface area contributed by atoms with Gasteiger partial charge in [0.05, 0.1) is 5.56 Å². The molecule has 3 rings (SSSR count). The van der Waals surface area contributed by atoms with E-state index in [0.717, 1.165) is 24.3 Å². The minimum Gasteiger partial charge on any atom is -0.507 e. The van der Waals surface area contributed by atoms with Crippen LogP contribution < -0.4 is 10.6 Å². The number of aryl methyl sites for hydroxylation is 1. The van der Waals surface area contributed by atoms with Gasteiger partial charge in [0.1, 0.15) is 5.75 Å². The molecular weight excluding hydrogens is 252 g/mol. The third kappa shape index (κ3) is 2.20. The standard InChI is InChI=1S/C16H16N2O2/c1-10-3-2-4-13(15(10)19)16(20)18-12-5-6-14-11(9-12)7-8-17-14/h2-6,9,17,19H,7-8H2,1H3,(H,18,20). The lowest BCUT2D eigenvalue weighted by Crippen LogP contribution is -2.12. The summed E-state index contributed by atoms with van der Waals surface area (Å²) in [5.41, 5.74) is 4.07. The third-order valence-corrected chi connectivity index (χ3v) is 3.56. The van der Waals surface area contributed by atoms with E-state index in [1.54, 1.807) is 25.1 Å². The van der Waals surface area contributed by atoms with E-state index in [2.05, 4.69) is 10.6 Å². The van der Waals surface area contributed by atoms with E-state index < -0.39 is 0 Å². The Hall–Kier alpha value is -2.49. The normalized spacial score (nSPS) is 12.7. The highest BCUT2D eigenvalue weighted by atomic mass is 16.3. The summed E-state index contributed by atoms with van der Waals surface area (Å²) < 4.78 is 0. The Kier molecular flexibility index (Phi) is 3.06. The highest BCUT2D eigenvalue weighted by Gasteiger charge is 2.14. The molecule has 0 fully saturated rings. The number of hydrogen-bond acceptors (Lipinski definition) is 3. The highest BCUT2D eigenvalue weighted by molar-refractivity contribution is 6.06. The van der Waals surface area contributed by atoms with Crippen molar-refractivity contribution in [3.05, 3.63) is 53.1 Å². The molecule has 0 aliphatic carbocycles. The van der Waals surface area contributed by atoms with Gasteiger partial charge in [-0.05, 0) is 48.7 Å². The molecule has 0 bridgehead atoms. The number of carbonyl (C=O) groups is 1. The number of rotatable bonds is 2. The molecule has 1 heterocycles. The summed E-state index contributed by atoms with van der Waals surface area (Å²) >= 11 is 0. The summed E-state index contributed by atoms with van der Waals surface area (Å²) in [5.74, 6) is -0.259. The molecule has 0 saturated carbocycles. The van der Waals surface area contributed by atoms with Gasteiger partial charge in [0, 0.05) is 17.9 Å². The van der Waals surface area contributed by atoms with Crippen LogP contribution in [0.15, 0.2) is 36.4 Å². The Morgan fingerprint density at radius 3 is 3.00 bits per heavy atom. The number of anilines is 2. The molecule has 102 valence electrons. The summed E-state index contributed by atoms with van der Waals surface area (Å²) in [5, 5.41) is 16.0. The van der Waals surface area contributed by atoms with E-state index in [9.17, 15) is 9.90 Å². The fourth-order valence-electron chi connectivity index (χ4n) is 2.42. The van der Waals surface area contributed by atoms with Crippen LogP contribution in [0.4, 0.5) is 11.4 Å². The van der Waals surface area contributed by atoms with E-state index in [-0.39, 0.29) is 11.7 Å². The smallest absolute Gasteiger partial charge is 0.259 e. The van der Waals surface area contributed by atoms with Gasteiger partial charge < -0.3 is 15.7 Å². The first-order valence-corrected chi connectivity index (χ1v) is 6.62. The summed E-state index contributed by atoms with van der Waals surface area (Å²) in [6, 6.07) is 11.0. The fourth-order valence-corrected chi connectivity index (χ4v) is 2.42. The molecule has 0 saturated heterocycles. The van der Waals surface area contributed by atoms with Crippen LogP contribution in [-0.2, 0) is 6.42 Å². The number of amides is 1. The summed E-state index contributed by atoms with van der Waals surface area (Å²) in [4.78, 5) is 12.2. The van der Waals surface area contributed by atoms with Gasteiger partial charge >= 0.3 is 0 Å². The summed E-state index contributed by atoms with van der Waals surface area (Å²) in [7, 11) is 0. The second kappa shape index (κ2) is 4.89. The number of hydrogen-bond donors (Lipinski definition) is 3. The molecule has 3 N–H and O–H groups in total. The molecule has 0 atom stereocenters. The van der Waals surface area contributed by atoms with Crippen LogP contribution in [0.1, 0.15) is 21.5 Å². The monoisotopic (exact) mass is 268 g/mol. The van der Waals surface area contributed by atoms with Crippen LogP contribution in [0.3, 0.4) is 0 Å². The number of phenolic OH excluding ortho intramolecular Hbond substituents is 1. The van der Waals surface area contributed by atoms with Crippen LogP contribution >= 0.6 is 0 Å². The van der Waals surface area contributed by atoms with Gasteiger partial charge in [0.15, 0.2) is 0 Å². The predicted molar refractivity (Wildman–Crippen MR) is 79.4 cm³/mol. The van der Waals surface area contributed by atoms with Gasteiger partial charge in [-0.3, -0.25) is 4.79 Å². The molecule has 0 spiro atoms. The number of carbonyl (C=O) groups excluding carboxylic acids is 1. The highest BCUT2D eigenvalue weighted by Crippen LogP contribution is 2.27. The second-order valence-corrected chi connectivity index (χ2v) is 4.97. The molecule has 0 radical (unpaired) electrons. The van der Waals surface area contributed by atoms with E-state index in [0.29, 0.717) is 11.1 Å². The molecule has 0 unspecified atom stereocenters. The number of aromatic hydroxyl groups is 1. The van der Waals surface area contributed by atoms with Gasteiger partial charge in [-0.1, -0.05) is 12.1 Å². The van der Waals surface area contributed by atoms with Crippen LogP contribution in [-0.4, -0.2) is 17.6 Å². The van der Waals surface area contributed by atoms with Crippen LogP contribution in [0.2, 0.25) is 0 Å². The number of phenols is 1. The van der Waals surface area contributed by atoms with Crippen molar-refractivity contribution in [1.29, 1.82) is 0 Å². The maximum Gasteiger partial charge on any atom is 0.259 e. The molecule has 2 aromatic rings. The van der Waals surface area contributed by atoms with E-state index in [1.807, 2.05) is 18.2 Å². The van der Waals surface area contributed by atoms with Crippen molar-refractivity contribution in [3.8, 4) is 5.75 Å². The number of benzene rings is 2. The molecule has 2 aromatic carbocycles. The van der Waals surface area contributed by atoms with Crippen LogP contribution in [0.5, 0.6) is 5.75 Å². The van der Waals surface area contributed by atoms with Crippen LogP contribution in [0.25, 0.3) is 0 Å². The largest absolute Gasteiger partial charge is 0.507 e. The topological polar surface area (TPSA) is 61.4 Å². The third-order valence-electron chi connectivity index (χ3n) is 3.56. The second-order valence-electron chi connectivity index (χ2n) is 4.97. The molecule has 0 aromatic heterocycles. The Labute approximate surface area is 117 Å². The minimum absolute atomic E-state index is 0.0350. The number of fused-ring (bicyclic) bond motifs is 1. The molecule has 1 aliphatic heterocycles. The van der Waals surface area contributed by atoms with E-state index >= 15 is 0 Å². The van der Waals surface area contributed by atoms with Crippen molar-refractivity contribution < 1.29 is 9.90 Å². The van der Waals surface area contributed by atoms with Gasteiger partial charge in [-0.25, -0.2) is 0 Å². The zero-order valence-electron chi connectivity index (χ0n) is 11.2. The molecular formula is C16H16N2O2. The Morgan fingerprint density at radius 2 is 2.15 bits per heavy atom. The Morgan fingerprint density at radius 1 is 1.30 bits per heavy atom. The SMILES string of the molecule is Cc1cccc(C(=O)Nc2ccc3c(c2)CCN3)c1O. The van der Waals surface area contributed by atoms with Gasteiger partial charge in [-0.2, -0.15) is 0 Å². The molecule has 20 heavy (non-hydrogen) atoms. The van der Waals surface area contributed by atoms with Gasteiger partial charge in [-0.15, -0.1) is 0 Å². The van der Waals surface area contributed by atoms with Crippen molar-refractivity contribution in [1.82, 2.24) is 0 Å². The summed E-state index contributed by atoms with van der Waals surface area (Å²) in [6.07, 6.45) is 0.967. The lowest BCUT2D eigenvalue weighted by molar-refractivity contribution is 0.102. The lowest BCUT2D eigenvalue weighted by Gasteiger charge is -2.09. The molecule has 4 nitrogen and oxygen atoms in total. The summed E-state index contributed by atoms with van der Waals surface area (Å²) in [6.45, 7) is 2.71. The van der Waals surface area contributed by atoms with Crippen molar-refractivity contribution in [2.75, 3.05) is 17.2 Å². The fraction of sp³-hybridized carbons (Fsp3) is 0.188. The quantitative estimate of drug-likeness (QED) is 0.784. The molecule has 4 heteroatoms. The van der Waals surface area contributed by atoms with Gasteiger partial charge in [0.25, 0.3) is 5.91 Å². The first-order chi connectivity index (χ1) is 9.65. The van der Waals surface area contributed by atoms with E-state index in [1.165, 1.54) is 5.56 Å². The predicted octanol–water partition coefficient (Wildman–Crippen LogP) is 2.92. The van der Waals surface area contributed by atoms with Crippen molar-refractivity contribution in [3.63, 3.8) is 0 Å². The first kappa shape index (κ1) is 12.5. The Bertz CT molecular complexity index is 680. The Balaban J connectivity index is 1.84. The molecule has 1 aliphatic rings. The zero-order chi connectivity index (χ0) is 14.1. The number of nitrogens with one attached hydrogen (secondary N) is 2. The van der Waals surface area contributed by atoms with Crippen molar-refractivity contribution in [2.24, 2.45) is 0 Å². The maximum absolute atomic E-state index is 12.2. The lowest BCUT2D eigenvalue weighted by atomic mass is 10.1. The van der Waals surface area contributed by atoms with Gasteiger partial charge in [0.2, 0.25) is 0 Å². The molecule has 1 amide bonds. The van der Waals surface area contributed by atoms with Crippen LogP contribution in [0, 0.1) is 6.92 Å². The minimum atomic E-state index is -0.294. The maximum atomic E-state index is 12.2. The van der Waals surface area contributed by atoms with Crippen molar-refractivity contribution in [2.45, 2.75) is 13.3 Å². The van der Waals surface area contributed by atoms with E-state index in [4.69, 9.17) is 0 Å². The first-order valence-electron chi connectivity index (χ1n) is 6.62. The number of para-hydroxylation sites is 1. The average Bonchev–Trinajstić information content (AvgIpc) is 2.89.